The molecule has 2 heterocycles. The lowest BCUT2D eigenvalue weighted by Gasteiger charge is -2.09. The van der Waals surface area contributed by atoms with E-state index >= 15 is 0 Å². The number of aromatic nitrogens is 2. The van der Waals surface area contributed by atoms with Gasteiger partial charge in [-0.1, -0.05) is 23.4 Å². The number of rotatable bonds is 5. The highest BCUT2D eigenvalue weighted by Crippen LogP contribution is 2.24. The van der Waals surface area contributed by atoms with Crippen LogP contribution in [0.3, 0.4) is 0 Å². The van der Waals surface area contributed by atoms with E-state index in [4.69, 9.17) is 9.26 Å². The van der Waals surface area contributed by atoms with Crippen LogP contribution in [-0.4, -0.2) is 23.2 Å². The summed E-state index contributed by atoms with van der Waals surface area (Å²) in [7, 11) is 1.60. The minimum Gasteiger partial charge on any atom is -0.496 e. The number of methoxy groups -OCH3 is 1. The number of amides is 1. The van der Waals surface area contributed by atoms with E-state index < -0.39 is 0 Å². The van der Waals surface area contributed by atoms with Gasteiger partial charge in [0.1, 0.15) is 22.8 Å². The van der Waals surface area contributed by atoms with Crippen LogP contribution in [0.2, 0.25) is 0 Å². The van der Waals surface area contributed by atoms with Crippen molar-refractivity contribution in [2.75, 3.05) is 7.11 Å². The molecule has 0 radical (unpaired) electrons. The van der Waals surface area contributed by atoms with Crippen molar-refractivity contribution in [1.29, 1.82) is 0 Å². The first kappa shape index (κ1) is 15.7. The Kier molecular flexibility index (Phi) is 4.56. The summed E-state index contributed by atoms with van der Waals surface area (Å²) in [5.74, 6) is 0.942. The van der Waals surface area contributed by atoms with Crippen molar-refractivity contribution in [1.82, 2.24) is 15.5 Å². The highest BCUT2D eigenvalue weighted by Gasteiger charge is 2.21. The van der Waals surface area contributed by atoms with E-state index in [0.29, 0.717) is 23.6 Å². The van der Waals surface area contributed by atoms with Crippen LogP contribution in [-0.2, 0) is 6.54 Å². The molecule has 2 aromatic heterocycles. The maximum absolute atomic E-state index is 12.6. The molecule has 0 fully saturated rings. The number of pyridine rings is 1. The van der Waals surface area contributed by atoms with Crippen LogP contribution in [0.5, 0.6) is 5.75 Å². The van der Waals surface area contributed by atoms with E-state index in [0.717, 1.165) is 16.9 Å². The SMILES string of the molecule is COc1ccccc1CNC(=O)c1c(-c2cccnc2)noc1C. The Bertz CT molecular complexity index is 844. The second-order valence-corrected chi connectivity index (χ2v) is 5.20. The molecular weight excluding hydrogens is 306 g/mol. The van der Waals surface area contributed by atoms with E-state index in [-0.39, 0.29) is 5.91 Å². The number of nitrogens with one attached hydrogen (secondary N) is 1. The van der Waals surface area contributed by atoms with Gasteiger partial charge in [-0.15, -0.1) is 0 Å². The number of aryl methyl sites for hydroxylation is 1. The first-order valence-corrected chi connectivity index (χ1v) is 7.47. The predicted octanol–water partition coefficient (Wildman–Crippen LogP) is 2.98. The number of carbonyl (C=O) groups is 1. The molecule has 0 bridgehead atoms. The molecule has 1 aromatic carbocycles. The molecule has 0 saturated carbocycles. The number of hydrogen-bond donors (Lipinski definition) is 1. The van der Waals surface area contributed by atoms with Crippen LogP contribution in [0.1, 0.15) is 21.7 Å². The number of para-hydroxylation sites is 1. The summed E-state index contributed by atoms with van der Waals surface area (Å²) >= 11 is 0. The van der Waals surface area contributed by atoms with Crippen LogP contribution in [0.4, 0.5) is 0 Å². The minimum absolute atomic E-state index is 0.251. The first-order chi connectivity index (χ1) is 11.7. The van der Waals surface area contributed by atoms with Gasteiger partial charge in [0, 0.05) is 30.1 Å². The molecule has 0 aliphatic carbocycles. The van der Waals surface area contributed by atoms with Crippen molar-refractivity contribution < 1.29 is 14.1 Å². The van der Waals surface area contributed by atoms with E-state index in [1.54, 1.807) is 32.5 Å². The Balaban J connectivity index is 1.82. The number of hydrogen-bond acceptors (Lipinski definition) is 5. The van der Waals surface area contributed by atoms with Crippen molar-refractivity contribution in [2.24, 2.45) is 0 Å². The largest absolute Gasteiger partial charge is 0.496 e. The van der Waals surface area contributed by atoms with Gasteiger partial charge in [0.2, 0.25) is 0 Å². The van der Waals surface area contributed by atoms with Crippen LogP contribution in [0.15, 0.2) is 53.3 Å². The van der Waals surface area contributed by atoms with E-state index in [1.807, 2.05) is 30.3 Å². The van der Waals surface area contributed by atoms with Crippen molar-refractivity contribution in [3.8, 4) is 17.0 Å². The second-order valence-electron chi connectivity index (χ2n) is 5.20. The zero-order valence-electron chi connectivity index (χ0n) is 13.4. The average molecular weight is 323 g/mol. The molecule has 1 amide bonds. The van der Waals surface area contributed by atoms with Gasteiger partial charge in [-0.3, -0.25) is 9.78 Å². The lowest BCUT2D eigenvalue weighted by molar-refractivity contribution is 0.0949. The molecular formula is C18H17N3O3. The molecule has 24 heavy (non-hydrogen) atoms. The third-order valence-electron chi connectivity index (χ3n) is 3.66. The van der Waals surface area contributed by atoms with Crippen LogP contribution in [0, 0.1) is 6.92 Å². The number of ether oxygens (including phenoxy) is 1. The lowest BCUT2D eigenvalue weighted by atomic mass is 10.1. The van der Waals surface area contributed by atoms with Gasteiger partial charge in [0.05, 0.1) is 7.11 Å². The molecule has 3 rings (SSSR count). The van der Waals surface area contributed by atoms with Gasteiger partial charge < -0.3 is 14.6 Å². The molecule has 0 atom stereocenters. The molecule has 0 aliphatic heterocycles. The summed E-state index contributed by atoms with van der Waals surface area (Å²) < 4.78 is 10.5. The van der Waals surface area contributed by atoms with Crippen molar-refractivity contribution in [3.05, 3.63) is 65.7 Å². The number of carbonyl (C=O) groups excluding carboxylic acids is 1. The average Bonchev–Trinajstić information content (AvgIpc) is 3.02. The molecule has 0 unspecified atom stereocenters. The molecule has 0 aliphatic rings. The van der Waals surface area contributed by atoms with Crippen molar-refractivity contribution >= 4 is 5.91 Å². The Morgan fingerprint density at radius 2 is 2.08 bits per heavy atom. The zero-order chi connectivity index (χ0) is 16.9. The summed E-state index contributed by atoms with van der Waals surface area (Å²) in [5.41, 5.74) is 2.53. The fraction of sp³-hybridized carbons (Fsp3) is 0.167. The van der Waals surface area contributed by atoms with Gasteiger partial charge in [0.15, 0.2) is 0 Å². The van der Waals surface area contributed by atoms with Gasteiger partial charge >= 0.3 is 0 Å². The normalized spacial score (nSPS) is 10.4. The summed E-state index contributed by atoms with van der Waals surface area (Å²) in [5, 5.41) is 6.88. The molecule has 6 nitrogen and oxygen atoms in total. The summed E-state index contributed by atoms with van der Waals surface area (Å²) in [6.07, 6.45) is 3.31. The molecule has 3 aromatic rings. The predicted molar refractivity (Wildman–Crippen MR) is 88.6 cm³/mol. The van der Waals surface area contributed by atoms with Crippen LogP contribution in [0.25, 0.3) is 11.3 Å². The fourth-order valence-electron chi connectivity index (χ4n) is 2.45. The summed E-state index contributed by atoms with van der Waals surface area (Å²) in [6.45, 7) is 2.06. The molecule has 6 heteroatoms. The van der Waals surface area contributed by atoms with Crippen molar-refractivity contribution in [2.45, 2.75) is 13.5 Å². The van der Waals surface area contributed by atoms with Gasteiger partial charge in [-0.25, -0.2) is 0 Å². The highest BCUT2D eigenvalue weighted by molar-refractivity contribution is 6.00. The molecule has 0 spiro atoms. The third kappa shape index (κ3) is 3.12. The Hall–Kier alpha value is -3.15. The Morgan fingerprint density at radius 3 is 2.83 bits per heavy atom. The van der Waals surface area contributed by atoms with Gasteiger partial charge in [-0.2, -0.15) is 0 Å². The summed E-state index contributed by atoms with van der Waals surface area (Å²) in [4.78, 5) is 16.7. The van der Waals surface area contributed by atoms with Crippen LogP contribution < -0.4 is 10.1 Å². The maximum Gasteiger partial charge on any atom is 0.257 e. The minimum atomic E-state index is -0.251. The van der Waals surface area contributed by atoms with E-state index in [1.165, 1.54) is 0 Å². The topological polar surface area (TPSA) is 77.2 Å². The molecule has 122 valence electrons. The highest BCUT2D eigenvalue weighted by atomic mass is 16.5. The Morgan fingerprint density at radius 1 is 1.25 bits per heavy atom. The fourth-order valence-corrected chi connectivity index (χ4v) is 2.45. The molecule has 1 N–H and O–H groups in total. The number of nitrogens with zero attached hydrogens (tertiary/aromatic N) is 2. The van der Waals surface area contributed by atoms with Gasteiger partial charge in [-0.05, 0) is 25.1 Å². The quantitative estimate of drug-likeness (QED) is 0.781. The maximum atomic E-state index is 12.6. The second kappa shape index (κ2) is 6.95. The van der Waals surface area contributed by atoms with E-state index in [9.17, 15) is 4.79 Å². The van der Waals surface area contributed by atoms with Crippen LogP contribution >= 0.6 is 0 Å². The smallest absolute Gasteiger partial charge is 0.257 e. The van der Waals surface area contributed by atoms with Crippen molar-refractivity contribution in [3.63, 3.8) is 0 Å². The lowest BCUT2D eigenvalue weighted by Crippen LogP contribution is -2.24. The number of benzene rings is 1. The Labute approximate surface area is 139 Å². The standard InChI is InChI=1S/C18H17N3O3/c1-12-16(17(21-24-12)14-7-5-9-19-10-14)18(22)20-11-13-6-3-4-8-15(13)23-2/h3-10H,11H2,1-2H3,(H,20,22). The molecule has 0 saturated heterocycles. The summed E-state index contributed by atoms with van der Waals surface area (Å²) in [6, 6.07) is 11.2. The van der Waals surface area contributed by atoms with E-state index in [2.05, 4.69) is 15.5 Å². The third-order valence-corrected chi connectivity index (χ3v) is 3.66. The van der Waals surface area contributed by atoms with Gasteiger partial charge in [0.25, 0.3) is 5.91 Å². The zero-order valence-corrected chi connectivity index (χ0v) is 13.4. The first-order valence-electron chi connectivity index (χ1n) is 7.47. The monoisotopic (exact) mass is 323 g/mol.